The Hall–Kier alpha value is -5.61. The number of alkyl halides is 6. The number of hydrogen-bond donors (Lipinski definition) is 2. The highest BCUT2D eigenvalue weighted by atomic mass is 19.4. The van der Waals surface area contributed by atoms with Crippen LogP contribution in [0.2, 0.25) is 0 Å². The minimum absolute atomic E-state index is 0.0284. The summed E-state index contributed by atoms with van der Waals surface area (Å²) >= 11 is 0. The van der Waals surface area contributed by atoms with E-state index in [0.29, 0.717) is 41.4 Å². The number of benzene rings is 4. The molecular formula is C36H30F6N8O2. The van der Waals surface area contributed by atoms with Gasteiger partial charge in [0.2, 0.25) is 0 Å². The van der Waals surface area contributed by atoms with Crippen LogP contribution in [0.3, 0.4) is 0 Å². The third-order valence-electron chi connectivity index (χ3n) is 9.19. The Bertz CT molecular complexity index is 2170. The van der Waals surface area contributed by atoms with Crippen LogP contribution in [0.15, 0.2) is 90.3 Å². The normalized spacial score (nSPS) is 18.4. The number of rotatable bonds is 7. The molecule has 2 aliphatic carbocycles. The number of hydrogen-bond acceptors (Lipinski definition) is 9. The molecule has 0 saturated carbocycles. The second-order valence-corrected chi connectivity index (χ2v) is 12.9. The summed E-state index contributed by atoms with van der Waals surface area (Å²) in [5, 5.41) is 11.3. The monoisotopic (exact) mass is 720 g/mol. The van der Waals surface area contributed by atoms with Gasteiger partial charge >= 0.3 is 12.7 Å². The Morgan fingerprint density at radius 3 is 1.92 bits per heavy atom. The van der Waals surface area contributed by atoms with Gasteiger partial charge in [-0.2, -0.15) is 5.10 Å². The second-order valence-electron chi connectivity index (χ2n) is 12.9. The first kappa shape index (κ1) is 33.5. The number of hydrazone groups is 1. The van der Waals surface area contributed by atoms with E-state index in [4.69, 9.17) is 16.6 Å². The zero-order valence-corrected chi connectivity index (χ0v) is 27.2. The first-order chi connectivity index (χ1) is 24.7. The maximum Gasteiger partial charge on any atom is 0.573 e. The molecule has 52 heavy (non-hydrogen) atoms. The van der Waals surface area contributed by atoms with Gasteiger partial charge in [0.1, 0.15) is 24.5 Å². The number of fused-ring (bicyclic) bond motifs is 2. The van der Waals surface area contributed by atoms with Crippen LogP contribution in [-0.4, -0.2) is 52.1 Å². The Morgan fingerprint density at radius 1 is 0.654 bits per heavy atom. The first-order valence-electron chi connectivity index (χ1n) is 16.3. The highest BCUT2D eigenvalue weighted by Gasteiger charge is 2.35. The first-order valence-corrected chi connectivity index (χ1v) is 16.3. The Labute approximate surface area is 292 Å². The topological polar surface area (TPSA) is 120 Å². The molecule has 1 aromatic heterocycles. The van der Waals surface area contributed by atoms with E-state index in [1.54, 1.807) is 5.01 Å². The van der Waals surface area contributed by atoms with Gasteiger partial charge in [-0.15, -0.1) is 31.4 Å². The molecule has 5 aromatic rings. The third kappa shape index (κ3) is 6.86. The molecular weight excluding hydrogens is 690 g/mol. The van der Waals surface area contributed by atoms with Crippen molar-refractivity contribution in [3.63, 3.8) is 0 Å². The van der Waals surface area contributed by atoms with Crippen molar-refractivity contribution in [1.29, 1.82) is 0 Å². The quantitative estimate of drug-likeness (QED) is 0.190. The lowest BCUT2D eigenvalue weighted by Gasteiger charge is -2.25. The minimum atomic E-state index is -4.82. The van der Waals surface area contributed by atoms with Gasteiger partial charge in [0.25, 0.3) is 0 Å². The van der Waals surface area contributed by atoms with E-state index in [2.05, 4.69) is 31.7 Å². The molecule has 4 aromatic carbocycles. The van der Waals surface area contributed by atoms with E-state index < -0.39 is 12.7 Å². The number of anilines is 2. The van der Waals surface area contributed by atoms with E-state index in [9.17, 15) is 26.3 Å². The highest BCUT2D eigenvalue weighted by molar-refractivity contribution is 6.12. The Morgan fingerprint density at radius 2 is 1.25 bits per heavy atom. The number of halogens is 6. The van der Waals surface area contributed by atoms with Gasteiger partial charge in [-0.3, -0.25) is 0 Å². The standard InChI is InChI=1S/C36H30F6N8O2/c37-35(38,39)51-29-7-3-27(4-8-29)49-18-45-33(46-49)24-12-23-15-26(44)17-31(23)32(16-24)48-19-50(28-5-9-30(10-6-28)52-36(40,41)42)47-34(48)21-2-1-20-13-25(43)14-22(20)11-21/h1-12,16,18,25-26H,13-15,17,19,43-44H2. The smallest absolute Gasteiger partial charge is 0.406 e. The van der Waals surface area contributed by atoms with Gasteiger partial charge in [-0.05, 0) is 115 Å². The third-order valence-corrected chi connectivity index (χ3v) is 9.19. The van der Waals surface area contributed by atoms with Gasteiger partial charge in [0, 0.05) is 28.9 Å². The van der Waals surface area contributed by atoms with Gasteiger partial charge in [0.05, 0.1) is 11.4 Å². The molecule has 1 aliphatic heterocycles. The van der Waals surface area contributed by atoms with Crippen LogP contribution in [0.4, 0.5) is 37.7 Å². The van der Waals surface area contributed by atoms with Crippen molar-refractivity contribution in [3.8, 4) is 28.6 Å². The maximum atomic E-state index is 12.9. The lowest BCUT2D eigenvalue weighted by atomic mass is 10.0. The predicted molar refractivity (Wildman–Crippen MR) is 180 cm³/mol. The maximum absolute atomic E-state index is 12.9. The van der Waals surface area contributed by atoms with Gasteiger partial charge in [0.15, 0.2) is 11.7 Å². The molecule has 0 radical (unpaired) electrons. The van der Waals surface area contributed by atoms with Crippen molar-refractivity contribution in [2.24, 2.45) is 16.6 Å². The fourth-order valence-electron chi connectivity index (χ4n) is 7.00. The molecule has 8 rings (SSSR count). The molecule has 3 aliphatic rings. The van der Waals surface area contributed by atoms with Crippen molar-refractivity contribution in [1.82, 2.24) is 14.8 Å². The summed E-state index contributed by atoms with van der Waals surface area (Å²) in [4.78, 5) is 6.57. The van der Waals surface area contributed by atoms with E-state index in [-0.39, 0.29) is 30.3 Å². The number of nitrogens with zero attached hydrogens (tertiary/aromatic N) is 6. The van der Waals surface area contributed by atoms with Crippen LogP contribution in [0.1, 0.15) is 27.8 Å². The van der Waals surface area contributed by atoms with E-state index >= 15 is 0 Å². The lowest BCUT2D eigenvalue weighted by molar-refractivity contribution is -0.275. The fourth-order valence-corrected chi connectivity index (χ4v) is 7.00. The number of amidine groups is 1. The Balaban J connectivity index is 1.16. The van der Waals surface area contributed by atoms with Crippen LogP contribution >= 0.6 is 0 Å². The molecule has 268 valence electrons. The average Bonchev–Trinajstić information content (AvgIpc) is 3.88. The number of nitrogens with two attached hydrogens (primary N) is 2. The number of ether oxygens (including phenoxy) is 2. The lowest BCUT2D eigenvalue weighted by Crippen LogP contribution is -2.32. The molecule has 4 N–H and O–H groups in total. The summed E-state index contributed by atoms with van der Waals surface area (Å²) < 4.78 is 86.1. The van der Waals surface area contributed by atoms with Gasteiger partial charge in [-0.1, -0.05) is 12.1 Å². The second kappa shape index (κ2) is 12.6. The summed E-state index contributed by atoms with van der Waals surface area (Å²) in [7, 11) is 0. The zero-order chi connectivity index (χ0) is 36.4. The summed E-state index contributed by atoms with van der Waals surface area (Å²) in [5.74, 6) is 0.299. The van der Waals surface area contributed by atoms with E-state index in [1.807, 2.05) is 23.1 Å². The summed E-state index contributed by atoms with van der Waals surface area (Å²) in [6.07, 6.45) is -5.43. The van der Waals surface area contributed by atoms with Crippen molar-refractivity contribution in [2.75, 3.05) is 16.6 Å². The molecule has 16 heteroatoms. The minimum Gasteiger partial charge on any atom is -0.406 e. The number of aromatic nitrogens is 3. The van der Waals surface area contributed by atoms with Gasteiger partial charge in [-0.25, -0.2) is 14.7 Å². The summed E-state index contributed by atoms with van der Waals surface area (Å²) in [6.45, 7) is 0.227. The van der Waals surface area contributed by atoms with Crippen LogP contribution in [0.25, 0.3) is 17.1 Å². The summed E-state index contributed by atoms with van der Waals surface area (Å²) in [5.41, 5.74) is 20.5. The van der Waals surface area contributed by atoms with Crippen LogP contribution in [-0.2, 0) is 25.7 Å². The molecule has 2 heterocycles. The highest BCUT2D eigenvalue weighted by Crippen LogP contribution is 2.39. The molecule has 2 unspecified atom stereocenters. The van der Waals surface area contributed by atoms with Crippen molar-refractivity contribution >= 4 is 17.2 Å². The molecule has 2 atom stereocenters. The van der Waals surface area contributed by atoms with Gasteiger partial charge < -0.3 is 25.8 Å². The molecule has 0 saturated heterocycles. The van der Waals surface area contributed by atoms with Crippen molar-refractivity contribution < 1.29 is 35.8 Å². The molecule has 0 bridgehead atoms. The van der Waals surface area contributed by atoms with Crippen molar-refractivity contribution in [3.05, 3.63) is 113 Å². The van der Waals surface area contributed by atoms with Crippen molar-refractivity contribution in [2.45, 2.75) is 50.5 Å². The molecule has 0 spiro atoms. The van der Waals surface area contributed by atoms with Crippen LogP contribution in [0, 0.1) is 0 Å². The molecule has 10 nitrogen and oxygen atoms in total. The van der Waals surface area contributed by atoms with Crippen LogP contribution in [0.5, 0.6) is 11.5 Å². The molecule has 0 fully saturated rings. The largest absolute Gasteiger partial charge is 0.573 e. The molecule has 0 amide bonds. The Kier molecular flexibility index (Phi) is 8.10. The predicted octanol–water partition coefficient (Wildman–Crippen LogP) is 6.23. The van der Waals surface area contributed by atoms with E-state index in [0.717, 1.165) is 40.8 Å². The zero-order valence-electron chi connectivity index (χ0n) is 27.2. The fraction of sp³-hybridized carbons (Fsp3) is 0.250. The average molecular weight is 721 g/mol. The van der Waals surface area contributed by atoms with Crippen LogP contribution < -0.4 is 30.8 Å². The summed E-state index contributed by atoms with van der Waals surface area (Å²) in [6, 6.07) is 20.8. The SMILES string of the molecule is NC1Cc2ccc(C3=NN(c4ccc(OC(F)(F)F)cc4)CN3c3cc(-c4ncn(-c5ccc(OC(F)(F)F)cc5)n4)cc4c3CC(N)C4)cc2C1. The van der Waals surface area contributed by atoms with E-state index in [1.165, 1.54) is 65.1 Å².